The van der Waals surface area contributed by atoms with Crippen molar-refractivity contribution >= 4 is 29.9 Å². The van der Waals surface area contributed by atoms with E-state index in [9.17, 15) is 0 Å². The largest absolute Gasteiger partial charge is 0.356 e. The van der Waals surface area contributed by atoms with Gasteiger partial charge < -0.3 is 15.1 Å². The number of hydrogen-bond acceptors (Lipinski definition) is 2. The molecule has 0 radical (unpaired) electrons. The summed E-state index contributed by atoms with van der Waals surface area (Å²) in [6.45, 7) is 8.33. The Labute approximate surface area is 148 Å². The van der Waals surface area contributed by atoms with Crippen LogP contribution in [-0.2, 0) is 0 Å². The Balaban J connectivity index is 0.00000400. The number of unbranched alkanes of at least 4 members (excludes halogenated alkanes) is 1. The first-order valence-corrected chi connectivity index (χ1v) is 7.88. The lowest BCUT2D eigenvalue weighted by Crippen LogP contribution is -2.40. The van der Waals surface area contributed by atoms with Gasteiger partial charge in [-0.3, -0.25) is 4.99 Å². The van der Waals surface area contributed by atoms with Crippen molar-refractivity contribution in [3.63, 3.8) is 0 Å². The van der Waals surface area contributed by atoms with Crippen LogP contribution in [0.3, 0.4) is 0 Å². The van der Waals surface area contributed by atoms with Crippen LogP contribution in [0.5, 0.6) is 0 Å². The van der Waals surface area contributed by atoms with E-state index in [0.29, 0.717) is 0 Å². The average molecular weight is 408 g/mol. The second-order valence-electron chi connectivity index (χ2n) is 5.86. The highest BCUT2D eigenvalue weighted by molar-refractivity contribution is 14.0. The minimum absolute atomic E-state index is 0. The molecule has 1 fully saturated rings. The lowest BCUT2D eigenvalue weighted by Gasteiger charge is -2.29. The fraction of sp³-hybridized carbons (Fsp3) is 0.812. The van der Waals surface area contributed by atoms with E-state index in [0.717, 1.165) is 37.8 Å². The number of allylic oxidation sites excluding steroid dienone is 1. The number of rotatable bonds is 7. The summed E-state index contributed by atoms with van der Waals surface area (Å²) >= 11 is 0. The van der Waals surface area contributed by atoms with E-state index in [1.165, 1.54) is 32.4 Å². The van der Waals surface area contributed by atoms with Crippen molar-refractivity contribution in [3.05, 3.63) is 12.7 Å². The van der Waals surface area contributed by atoms with Crippen molar-refractivity contribution in [2.24, 2.45) is 10.9 Å². The minimum atomic E-state index is 0. The molecule has 1 aliphatic heterocycles. The van der Waals surface area contributed by atoms with Crippen LogP contribution in [-0.4, -0.2) is 63.1 Å². The number of aliphatic imine (C=N–C) groups is 1. The molecule has 0 spiro atoms. The van der Waals surface area contributed by atoms with Crippen molar-refractivity contribution < 1.29 is 0 Å². The van der Waals surface area contributed by atoms with Gasteiger partial charge in [-0.15, -0.1) is 30.6 Å². The fourth-order valence-corrected chi connectivity index (χ4v) is 2.70. The summed E-state index contributed by atoms with van der Waals surface area (Å²) in [4.78, 5) is 8.99. The molecule has 0 aromatic heterocycles. The molecule has 0 amide bonds. The van der Waals surface area contributed by atoms with Gasteiger partial charge in [0.15, 0.2) is 5.96 Å². The van der Waals surface area contributed by atoms with Gasteiger partial charge in [0.25, 0.3) is 0 Å². The standard InChI is InChI=1S/C16H32N4.HI/c1-5-6-7-12-20(4)16(17-2)18-11-8-15-9-13-19(3)14-10-15;/h5,15H,1,6-14H2,2-4H3,(H,17,18);1H. The summed E-state index contributed by atoms with van der Waals surface area (Å²) in [6.07, 6.45) is 8.11. The third kappa shape index (κ3) is 8.66. The zero-order chi connectivity index (χ0) is 14.8. The molecule has 21 heavy (non-hydrogen) atoms. The number of halogens is 1. The van der Waals surface area contributed by atoms with Gasteiger partial charge in [-0.25, -0.2) is 0 Å². The molecule has 1 saturated heterocycles. The highest BCUT2D eigenvalue weighted by Crippen LogP contribution is 2.18. The van der Waals surface area contributed by atoms with Gasteiger partial charge in [-0.05, 0) is 58.2 Å². The molecule has 1 N–H and O–H groups in total. The number of likely N-dealkylation sites (tertiary alicyclic amines) is 1. The van der Waals surface area contributed by atoms with Crippen LogP contribution in [0, 0.1) is 5.92 Å². The zero-order valence-corrected chi connectivity index (χ0v) is 16.3. The first-order valence-electron chi connectivity index (χ1n) is 7.88. The minimum Gasteiger partial charge on any atom is -0.356 e. The van der Waals surface area contributed by atoms with Gasteiger partial charge in [0.05, 0.1) is 0 Å². The molecule has 0 atom stereocenters. The molecular formula is C16H33IN4. The van der Waals surface area contributed by atoms with Crippen LogP contribution >= 0.6 is 24.0 Å². The maximum absolute atomic E-state index is 4.36. The molecule has 0 aromatic rings. The number of guanidine groups is 1. The number of hydrogen-bond donors (Lipinski definition) is 1. The Hall–Kier alpha value is -0.300. The van der Waals surface area contributed by atoms with Gasteiger partial charge in [0, 0.05) is 27.2 Å². The molecule has 0 bridgehead atoms. The second kappa shape index (κ2) is 12.3. The predicted octanol–water partition coefficient (Wildman–Crippen LogP) is 2.81. The second-order valence-corrected chi connectivity index (χ2v) is 5.86. The van der Waals surface area contributed by atoms with Crippen molar-refractivity contribution in [1.82, 2.24) is 15.1 Å². The highest BCUT2D eigenvalue weighted by Gasteiger charge is 2.16. The molecule has 0 aromatic carbocycles. The number of nitrogens with zero attached hydrogens (tertiary/aromatic N) is 3. The van der Waals surface area contributed by atoms with E-state index in [2.05, 4.69) is 40.8 Å². The molecule has 4 nitrogen and oxygen atoms in total. The maximum Gasteiger partial charge on any atom is 0.193 e. The van der Waals surface area contributed by atoms with E-state index in [4.69, 9.17) is 0 Å². The van der Waals surface area contributed by atoms with Crippen molar-refractivity contribution in [2.45, 2.75) is 32.1 Å². The normalized spacial score (nSPS) is 17.2. The molecule has 0 unspecified atom stereocenters. The number of nitrogens with one attached hydrogen (secondary N) is 1. The van der Waals surface area contributed by atoms with Gasteiger partial charge in [0.1, 0.15) is 0 Å². The quantitative estimate of drug-likeness (QED) is 0.231. The average Bonchev–Trinajstić information content (AvgIpc) is 2.45. The lowest BCUT2D eigenvalue weighted by molar-refractivity contribution is 0.212. The van der Waals surface area contributed by atoms with Crippen LogP contribution < -0.4 is 5.32 Å². The van der Waals surface area contributed by atoms with E-state index in [1.807, 2.05) is 13.1 Å². The summed E-state index contributed by atoms with van der Waals surface area (Å²) in [5.41, 5.74) is 0. The van der Waals surface area contributed by atoms with Gasteiger partial charge >= 0.3 is 0 Å². The van der Waals surface area contributed by atoms with E-state index < -0.39 is 0 Å². The zero-order valence-electron chi connectivity index (χ0n) is 14.0. The molecule has 1 aliphatic rings. The molecule has 1 rings (SSSR count). The maximum atomic E-state index is 4.36. The van der Waals surface area contributed by atoms with E-state index in [1.54, 1.807) is 0 Å². The van der Waals surface area contributed by atoms with Crippen LogP contribution in [0.1, 0.15) is 32.1 Å². The molecule has 124 valence electrons. The summed E-state index contributed by atoms with van der Waals surface area (Å²) < 4.78 is 0. The third-order valence-corrected chi connectivity index (χ3v) is 4.15. The first kappa shape index (κ1) is 20.7. The highest BCUT2D eigenvalue weighted by atomic mass is 127. The van der Waals surface area contributed by atoms with E-state index in [-0.39, 0.29) is 24.0 Å². The summed E-state index contributed by atoms with van der Waals surface area (Å²) in [7, 11) is 6.18. The molecular weight excluding hydrogens is 375 g/mol. The van der Waals surface area contributed by atoms with Crippen LogP contribution in [0.2, 0.25) is 0 Å². The summed E-state index contributed by atoms with van der Waals surface area (Å²) in [5, 5.41) is 3.49. The lowest BCUT2D eigenvalue weighted by atomic mass is 9.94. The fourth-order valence-electron chi connectivity index (χ4n) is 2.70. The van der Waals surface area contributed by atoms with Crippen LogP contribution in [0.4, 0.5) is 0 Å². The summed E-state index contributed by atoms with van der Waals surface area (Å²) in [6, 6.07) is 0. The Bertz CT molecular complexity index is 299. The smallest absolute Gasteiger partial charge is 0.193 e. The number of piperidine rings is 1. The Kier molecular flexibility index (Phi) is 12.1. The Morgan fingerprint density at radius 3 is 2.67 bits per heavy atom. The Morgan fingerprint density at radius 2 is 2.10 bits per heavy atom. The first-order chi connectivity index (χ1) is 9.67. The SMILES string of the molecule is C=CCCCN(C)C(=NC)NCCC1CCN(C)CC1.I. The summed E-state index contributed by atoms with van der Waals surface area (Å²) in [5.74, 6) is 1.89. The van der Waals surface area contributed by atoms with Crippen LogP contribution in [0.15, 0.2) is 17.6 Å². The monoisotopic (exact) mass is 408 g/mol. The Morgan fingerprint density at radius 1 is 1.43 bits per heavy atom. The molecule has 1 heterocycles. The predicted molar refractivity (Wildman–Crippen MR) is 104 cm³/mol. The van der Waals surface area contributed by atoms with Crippen molar-refractivity contribution in [2.75, 3.05) is 47.3 Å². The van der Waals surface area contributed by atoms with Crippen molar-refractivity contribution in [3.8, 4) is 0 Å². The molecule has 0 aliphatic carbocycles. The van der Waals surface area contributed by atoms with Gasteiger partial charge in [-0.1, -0.05) is 6.08 Å². The van der Waals surface area contributed by atoms with Crippen molar-refractivity contribution in [1.29, 1.82) is 0 Å². The van der Waals surface area contributed by atoms with Crippen LogP contribution in [0.25, 0.3) is 0 Å². The molecule has 5 heteroatoms. The van der Waals surface area contributed by atoms with Gasteiger partial charge in [-0.2, -0.15) is 0 Å². The molecule has 0 saturated carbocycles. The van der Waals surface area contributed by atoms with Gasteiger partial charge in [0.2, 0.25) is 0 Å². The van der Waals surface area contributed by atoms with E-state index >= 15 is 0 Å². The third-order valence-electron chi connectivity index (χ3n) is 4.15. The topological polar surface area (TPSA) is 30.9 Å².